The van der Waals surface area contributed by atoms with Crippen LogP contribution in [0.25, 0.3) is 11.1 Å². The molecule has 0 unspecified atom stereocenters. The molecule has 2 heterocycles. The Morgan fingerprint density at radius 3 is 1.39 bits per heavy atom. The van der Waals surface area contributed by atoms with Crippen LogP contribution in [0, 0.1) is 22.7 Å². The highest BCUT2D eigenvalue weighted by Crippen LogP contribution is 2.35. The fourth-order valence-electron chi connectivity index (χ4n) is 9.97. The Bertz CT molecular complexity index is 2290. The number of ketones is 1. The van der Waals surface area contributed by atoms with E-state index in [-0.39, 0.29) is 59.7 Å². The zero-order chi connectivity index (χ0) is 52.3. The Morgan fingerprint density at radius 2 is 1.01 bits per heavy atom. The van der Waals surface area contributed by atoms with Crippen molar-refractivity contribution in [3.05, 3.63) is 131 Å². The number of carbonyl (C=O) groups is 6. The highest BCUT2D eigenvalue weighted by molar-refractivity contribution is 5.96. The average Bonchev–Trinajstić information content (AvgIpc) is 4.04. The fourth-order valence-corrected chi connectivity index (χ4v) is 9.97. The van der Waals surface area contributed by atoms with Gasteiger partial charge in [0, 0.05) is 80.7 Å². The third-order valence-electron chi connectivity index (χ3n) is 14.6. The van der Waals surface area contributed by atoms with Gasteiger partial charge >= 0.3 is 0 Å². The van der Waals surface area contributed by atoms with Crippen molar-refractivity contribution in [3.8, 4) is 11.1 Å². The van der Waals surface area contributed by atoms with Gasteiger partial charge in [-0.2, -0.15) is 0 Å². The number of carbonyl (C=O) groups excluding carboxylic acids is 6. The molecule has 0 bridgehead atoms. The van der Waals surface area contributed by atoms with Crippen molar-refractivity contribution >= 4 is 35.3 Å². The first kappa shape index (κ1) is 55.2. The smallest absolute Gasteiger partial charge is 0.253 e. The molecule has 3 N–H and O–H groups in total. The third kappa shape index (κ3) is 14.5. The number of Topliss-reactive ketones (excluding diaryl/α,β-unsaturated/α-hetero) is 1. The second-order valence-electron chi connectivity index (χ2n) is 22.6. The van der Waals surface area contributed by atoms with Gasteiger partial charge in [-0.1, -0.05) is 140 Å². The lowest BCUT2D eigenvalue weighted by Crippen LogP contribution is -2.59. The maximum Gasteiger partial charge on any atom is 0.253 e. The van der Waals surface area contributed by atoms with Crippen molar-refractivity contribution < 1.29 is 28.8 Å². The molecule has 2 aliphatic rings. The molecule has 5 amide bonds. The predicted molar refractivity (Wildman–Crippen MR) is 286 cm³/mol. The molecule has 2 fully saturated rings. The van der Waals surface area contributed by atoms with E-state index in [9.17, 15) is 28.8 Å². The number of benzene rings is 4. The predicted octanol–water partition coefficient (Wildman–Crippen LogP) is 8.86. The summed E-state index contributed by atoms with van der Waals surface area (Å²) in [6.07, 6.45) is 4.66. The summed E-state index contributed by atoms with van der Waals surface area (Å²) in [6, 6.07) is 33.3. The van der Waals surface area contributed by atoms with Gasteiger partial charge < -0.3 is 30.7 Å². The Hall–Kier alpha value is -6.14. The Kier molecular flexibility index (Phi) is 18.8. The lowest BCUT2D eigenvalue weighted by molar-refractivity contribution is -0.143. The number of nitrogens with two attached hydrogens (primary N) is 1. The molecule has 0 aromatic heterocycles. The molecule has 0 spiro atoms. The van der Waals surface area contributed by atoms with E-state index >= 15 is 0 Å². The van der Waals surface area contributed by atoms with Crippen LogP contribution in [-0.2, 0) is 32.0 Å². The van der Waals surface area contributed by atoms with Crippen molar-refractivity contribution in [1.82, 2.24) is 24.9 Å². The first-order valence-electron chi connectivity index (χ1n) is 26.2. The van der Waals surface area contributed by atoms with E-state index in [4.69, 9.17) is 5.73 Å². The summed E-state index contributed by atoms with van der Waals surface area (Å²) >= 11 is 0. The minimum Gasteiger partial charge on any atom is -0.342 e. The lowest BCUT2D eigenvalue weighted by Gasteiger charge is -2.37. The summed E-state index contributed by atoms with van der Waals surface area (Å²) in [5.74, 6) is -1.31. The highest BCUT2D eigenvalue weighted by Gasteiger charge is 2.42. The van der Waals surface area contributed by atoms with Gasteiger partial charge in [-0.05, 0) is 103 Å². The molecule has 386 valence electrons. The van der Waals surface area contributed by atoms with E-state index in [1.54, 1.807) is 6.92 Å². The van der Waals surface area contributed by atoms with Crippen LogP contribution >= 0.6 is 0 Å². The van der Waals surface area contributed by atoms with Crippen LogP contribution in [0.4, 0.5) is 0 Å². The molecule has 0 saturated carbocycles. The second-order valence-corrected chi connectivity index (χ2v) is 22.6. The minimum atomic E-state index is -0.774. The van der Waals surface area contributed by atoms with Crippen LogP contribution in [-0.4, -0.2) is 118 Å². The topological polar surface area (TPSA) is 153 Å². The van der Waals surface area contributed by atoms with Crippen molar-refractivity contribution in [2.75, 3.05) is 39.3 Å². The molecule has 6 rings (SSSR count). The number of likely N-dealkylation sites (tertiary alicyclic amines) is 2. The molecular weight excluding hydrogens is 901 g/mol. The maximum atomic E-state index is 14.5. The summed E-state index contributed by atoms with van der Waals surface area (Å²) < 4.78 is 0. The van der Waals surface area contributed by atoms with E-state index in [1.165, 1.54) is 0 Å². The molecule has 4 aromatic rings. The van der Waals surface area contributed by atoms with E-state index < -0.39 is 28.8 Å². The number of nitrogens with one attached hydrogen (secondary N) is 1. The Balaban J connectivity index is 1.19. The van der Waals surface area contributed by atoms with Crippen LogP contribution in [0.5, 0.6) is 0 Å². The highest BCUT2D eigenvalue weighted by atomic mass is 16.2. The number of hydrogen-bond donors (Lipinski definition) is 2. The summed E-state index contributed by atoms with van der Waals surface area (Å²) in [5.41, 5.74) is 10.0. The zero-order valence-corrected chi connectivity index (χ0v) is 44.4. The molecule has 2 aliphatic heterocycles. The quantitative estimate of drug-likeness (QED) is 0.0898. The van der Waals surface area contributed by atoms with Gasteiger partial charge in [0.15, 0.2) is 0 Å². The molecule has 12 nitrogen and oxygen atoms in total. The van der Waals surface area contributed by atoms with Gasteiger partial charge in [-0.25, -0.2) is 0 Å². The van der Waals surface area contributed by atoms with Gasteiger partial charge in [-0.15, -0.1) is 0 Å². The summed E-state index contributed by atoms with van der Waals surface area (Å²) in [6.45, 7) is 20.1. The normalized spacial score (nSPS) is 17.3. The molecule has 12 heteroatoms. The molecule has 2 saturated heterocycles. The molecule has 0 radical (unpaired) electrons. The summed E-state index contributed by atoms with van der Waals surface area (Å²) in [4.78, 5) is 90.9. The molecule has 72 heavy (non-hydrogen) atoms. The van der Waals surface area contributed by atoms with Crippen molar-refractivity contribution in [1.29, 1.82) is 0 Å². The maximum absolute atomic E-state index is 14.5. The first-order valence-corrected chi connectivity index (χ1v) is 26.2. The average molecular weight is 981 g/mol. The standard InChI is InChI=1S/C60H80N6O6/c1-41(2)52(67)38-51(59(4,5)6)57(71)65-34-16-22-49(65)39-63(36-32-43-18-12-10-13-19-43)55(69)47-28-24-45(25-29-47)46-26-30-48(31-27-46)56(70)64(37-33-44-20-14-11-15-21-44)40-50-23-17-35-66(50)58(72)53(60(7,8)9)62-54(68)42(3)61/h10-15,18-21,24-31,41-42,49-51,53H,16-17,22-23,32-40,61H2,1-9H3,(H,62,68)/t42-,49-,50-,51+,53+/m0/s1. The van der Waals surface area contributed by atoms with Crippen LogP contribution in [0.1, 0.15) is 126 Å². The van der Waals surface area contributed by atoms with E-state index in [2.05, 4.69) is 17.4 Å². The van der Waals surface area contributed by atoms with Gasteiger partial charge in [0.25, 0.3) is 11.8 Å². The number of nitrogens with zero attached hydrogens (tertiary/aromatic N) is 4. The summed E-state index contributed by atoms with van der Waals surface area (Å²) in [5, 5.41) is 2.90. The van der Waals surface area contributed by atoms with Crippen molar-refractivity contribution in [2.45, 2.75) is 131 Å². The number of amides is 5. The third-order valence-corrected chi connectivity index (χ3v) is 14.6. The number of hydrogen-bond acceptors (Lipinski definition) is 7. The number of rotatable bonds is 20. The van der Waals surface area contributed by atoms with Crippen LogP contribution in [0.15, 0.2) is 109 Å². The SMILES string of the molecule is CC(C)C(=O)C[C@H](C(=O)N1CCC[C@H]1CN(CCc1ccccc1)C(=O)c1ccc(-c2ccc(C(=O)N(CCc3ccccc3)C[C@@H]3CCCN3C(=O)[C@@H](NC(=O)[C@H](C)N)C(C)(C)C)cc2)cc1)C(C)(C)C. The first-order chi connectivity index (χ1) is 34.1. The van der Waals surface area contributed by atoms with Gasteiger partial charge in [0.05, 0.1) is 6.04 Å². The Labute approximate surface area is 429 Å². The van der Waals surface area contributed by atoms with Gasteiger partial charge in [-0.3, -0.25) is 28.8 Å². The van der Waals surface area contributed by atoms with Gasteiger partial charge in [0.1, 0.15) is 11.8 Å². The second kappa shape index (κ2) is 24.5. The van der Waals surface area contributed by atoms with Crippen LogP contribution < -0.4 is 11.1 Å². The summed E-state index contributed by atoms with van der Waals surface area (Å²) in [7, 11) is 0. The van der Waals surface area contributed by atoms with E-state index in [0.29, 0.717) is 63.2 Å². The minimum absolute atomic E-state index is 0.00505. The Morgan fingerprint density at radius 1 is 0.597 bits per heavy atom. The largest absolute Gasteiger partial charge is 0.342 e. The lowest BCUT2D eigenvalue weighted by atomic mass is 9.76. The monoisotopic (exact) mass is 981 g/mol. The molecule has 4 aromatic carbocycles. The molecule has 0 aliphatic carbocycles. The van der Waals surface area contributed by atoms with Gasteiger partial charge in [0.2, 0.25) is 17.7 Å². The zero-order valence-electron chi connectivity index (χ0n) is 44.4. The molecule has 5 atom stereocenters. The van der Waals surface area contributed by atoms with Crippen molar-refractivity contribution in [3.63, 3.8) is 0 Å². The van der Waals surface area contributed by atoms with E-state index in [0.717, 1.165) is 47.9 Å². The van der Waals surface area contributed by atoms with E-state index in [1.807, 2.05) is 172 Å². The molecular formula is C60H80N6O6. The van der Waals surface area contributed by atoms with Crippen LogP contribution in [0.3, 0.4) is 0 Å². The fraction of sp³-hybridized carbons (Fsp3) is 0.500. The van der Waals surface area contributed by atoms with Crippen LogP contribution in [0.2, 0.25) is 0 Å². The van der Waals surface area contributed by atoms with Crippen molar-refractivity contribution in [2.24, 2.45) is 28.4 Å².